The average Bonchev–Trinajstić information content (AvgIpc) is 3.44. The third-order valence-corrected chi connectivity index (χ3v) is 6.95. The Balaban J connectivity index is 1.41. The maximum atomic E-state index is 13.1. The van der Waals surface area contributed by atoms with Gasteiger partial charge in [-0.05, 0) is 25.5 Å². The van der Waals surface area contributed by atoms with E-state index in [1.165, 1.54) is 17.9 Å². The fourth-order valence-corrected chi connectivity index (χ4v) is 4.80. The molecule has 1 amide bonds. The van der Waals surface area contributed by atoms with E-state index in [1.54, 1.807) is 29.8 Å². The topological polar surface area (TPSA) is 120 Å². The van der Waals surface area contributed by atoms with Crippen LogP contribution in [0.2, 0.25) is 0 Å². The summed E-state index contributed by atoms with van der Waals surface area (Å²) in [5.74, 6) is -0.0389. The third-order valence-electron chi connectivity index (χ3n) is 6.95. The molecule has 1 aromatic carbocycles. The molecule has 11 nitrogen and oxygen atoms in total. The summed E-state index contributed by atoms with van der Waals surface area (Å²) in [5.41, 5.74) is 0.218. The lowest BCUT2D eigenvalue weighted by molar-refractivity contribution is -0.138. The van der Waals surface area contributed by atoms with Crippen LogP contribution in [0.15, 0.2) is 46.5 Å². The summed E-state index contributed by atoms with van der Waals surface area (Å²) >= 11 is 0. The van der Waals surface area contributed by atoms with Gasteiger partial charge < -0.3 is 19.1 Å². The minimum Gasteiger partial charge on any atom is -0.388 e. The summed E-state index contributed by atoms with van der Waals surface area (Å²) in [7, 11) is 2.96. The quantitative estimate of drug-likeness (QED) is 0.466. The fraction of sp³-hybridized carbons (Fsp3) is 0.435. The van der Waals surface area contributed by atoms with Gasteiger partial charge in [-0.2, -0.15) is 0 Å². The molecule has 1 N–H and O–H groups in total. The number of benzene rings is 1. The predicted octanol–water partition coefficient (Wildman–Crippen LogP) is 0.398. The number of para-hydroxylation sites is 2. The van der Waals surface area contributed by atoms with Gasteiger partial charge in [-0.1, -0.05) is 12.1 Å². The van der Waals surface area contributed by atoms with Gasteiger partial charge in [-0.3, -0.25) is 18.7 Å². The number of rotatable bonds is 4. The van der Waals surface area contributed by atoms with Crippen molar-refractivity contribution in [3.63, 3.8) is 0 Å². The highest BCUT2D eigenvalue weighted by molar-refractivity contribution is 5.78. The Morgan fingerprint density at radius 2 is 1.91 bits per heavy atom. The SMILES string of the molecule is Cn1c(=O)c2c(ncn2[C@H]2CN(C(=O)CCn3cnc4ccccc43)CC[C@]2(C)O)n(C)c1=O. The number of aryl methyl sites for hydroxylation is 2. The molecule has 4 heterocycles. The van der Waals surface area contributed by atoms with E-state index in [1.807, 2.05) is 28.8 Å². The van der Waals surface area contributed by atoms with Gasteiger partial charge in [0.05, 0.1) is 35.3 Å². The zero-order valence-electron chi connectivity index (χ0n) is 19.4. The summed E-state index contributed by atoms with van der Waals surface area (Å²) in [6.07, 6.45) is 3.84. The van der Waals surface area contributed by atoms with Crippen molar-refractivity contribution >= 4 is 28.1 Å². The van der Waals surface area contributed by atoms with Crippen LogP contribution in [0.4, 0.5) is 0 Å². The number of likely N-dealkylation sites (tertiary alicyclic amines) is 1. The van der Waals surface area contributed by atoms with Crippen LogP contribution in [0.5, 0.6) is 0 Å². The molecule has 178 valence electrons. The highest BCUT2D eigenvalue weighted by atomic mass is 16.3. The molecule has 0 saturated carbocycles. The summed E-state index contributed by atoms with van der Waals surface area (Å²) in [4.78, 5) is 48.7. The molecule has 0 radical (unpaired) electrons. The third kappa shape index (κ3) is 3.43. The van der Waals surface area contributed by atoms with E-state index in [2.05, 4.69) is 9.97 Å². The van der Waals surface area contributed by atoms with Gasteiger partial charge in [0.15, 0.2) is 11.2 Å². The minimum absolute atomic E-state index is 0.0389. The number of amides is 1. The molecule has 34 heavy (non-hydrogen) atoms. The number of piperidine rings is 1. The molecule has 0 unspecified atom stereocenters. The number of aliphatic hydroxyl groups is 1. The van der Waals surface area contributed by atoms with E-state index in [-0.39, 0.29) is 30.0 Å². The molecule has 2 atom stereocenters. The first kappa shape index (κ1) is 22.1. The molecule has 1 fully saturated rings. The van der Waals surface area contributed by atoms with Crippen molar-refractivity contribution in [2.75, 3.05) is 13.1 Å². The zero-order valence-corrected chi connectivity index (χ0v) is 19.4. The van der Waals surface area contributed by atoms with E-state index in [9.17, 15) is 19.5 Å². The predicted molar refractivity (Wildman–Crippen MR) is 125 cm³/mol. The molecule has 1 aliphatic rings. The molecule has 0 spiro atoms. The van der Waals surface area contributed by atoms with E-state index < -0.39 is 22.9 Å². The van der Waals surface area contributed by atoms with Gasteiger partial charge in [-0.15, -0.1) is 0 Å². The first-order valence-corrected chi connectivity index (χ1v) is 11.2. The summed E-state index contributed by atoms with van der Waals surface area (Å²) in [5, 5.41) is 11.2. The Morgan fingerprint density at radius 1 is 1.15 bits per heavy atom. The van der Waals surface area contributed by atoms with Crippen LogP contribution in [0.25, 0.3) is 22.2 Å². The second kappa shape index (κ2) is 7.94. The van der Waals surface area contributed by atoms with E-state index in [4.69, 9.17) is 0 Å². The number of hydrogen-bond acceptors (Lipinski definition) is 6. The van der Waals surface area contributed by atoms with Crippen molar-refractivity contribution < 1.29 is 9.90 Å². The standard InChI is InChI=1S/C23H27N7O4/c1-23(34)9-11-28(18(31)8-10-29-13-24-15-6-4-5-7-16(15)29)12-17(23)30-14-25-20-19(30)21(32)27(3)22(33)26(20)2/h4-7,13-14,17,34H,8-12H2,1-3H3/t17-,23-/m0/s1. The highest BCUT2D eigenvalue weighted by Gasteiger charge is 2.41. The molecule has 4 aromatic rings. The second-order valence-corrected chi connectivity index (χ2v) is 9.17. The van der Waals surface area contributed by atoms with E-state index >= 15 is 0 Å². The van der Waals surface area contributed by atoms with E-state index in [0.717, 1.165) is 15.6 Å². The lowest BCUT2D eigenvalue weighted by atomic mass is 9.88. The number of imidazole rings is 2. The number of carbonyl (C=O) groups excluding carboxylic acids is 1. The van der Waals surface area contributed by atoms with Crippen LogP contribution in [0, 0.1) is 0 Å². The molecule has 1 saturated heterocycles. The number of carbonyl (C=O) groups is 1. The van der Waals surface area contributed by atoms with Crippen LogP contribution in [-0.2, 0) is 25.4 Å². The van der Waals surface area contributed by atoms with Gasteiger partial charge in [0.1, 0.15) is 0 Å². The number of aromatic nitrogens is 6. The second-order valence-electron chi connectivity index (χ2n) is 9.17. The van der Waals surface area contributed by atoms with Crippen molar-refractivity contribution in [2.24, 2.45) is 14.1 Å². The van der Waals surface area contributed by atoms with Crippen molar-refractivity contribution in [1.29, 1.82) is 0 Å². The van der Waals surface area contributed by atoms with Gasteiger partial charge in [0.2, 0.25) is 5.91 Å². The lowest BCUT2D eigenvalue weighted by Gasteiger charge is -2.43. The summed E-state index contributed by atoms with van der Waals surface area (Å²) in [6.45, 7) is 2.84. The van der Waals surface area contributed by atoms with Crippen molar-refractivity contribution in [3.8, 4) is 0 Å². The largest absolute Gasteiger partial charge is 0.388 e. The first-order valence-electron chi connectivity index (χ1n) is 11.2. The van der Waals surface area contributed by atoms with Crippen molar-refractivity contribution in [3.05, 3.63) is 57.8 Å². The molecule has 3 aromatic heterocycles. The molecule has 1 aliphatic heterocycles. The molecule has 0 bridgehead atoms. The Morgan fingerprint density at radius 3 is 2.71 bits per heavy atom. The molecular weight excluding hydrogens is 438 g/mol. The molecular formula is C23H27N7O4. The molecule has 0 aliphatic carbocycles. The Kier molecular flexibility index (Phi) is 5.16. The average molecular weight is 466 g/mol. The molecule has 11 heteroatoms. The minimum atomic E-state index is -1.16. The van der Waals surface area contributed by atoms with Crippen LogP contribution in [0.1, 0.15) is 25.8 Å². The summed E-state index contributed by atoms with van der Waals surface area (Å²) in [6, 6.07) is 7.18. The van der Waals surface area contributed by atoms with Crippen LogP contribution in [0.3, 0.4) is 0 Å². The number of nitrogens with zero attached hydrogens (tertiary/aromatic N) is 7. The maximum Gasteiger partial charge on any atom is 0.332 e. The molecule has 5 rings (SSSR count). The van der Waals surface area contributed by atoms with Crippen molar-refractivity contribution in [1.82, 2.24) is 33.1 Å². The van der Waals surface area contributed by atoms with Crippen LogP contribution >= 0.6 is 0 Å². The first-order chi connectivity index (χ1) is 16.2. The van der Waals surface area contributed by atoms with Crippen molar-refractivity contribution in [2.45, 2.75) is 38.0 Å². The van der Waals surface area contributed by atoms with E-state index in [0.29, 0.717) is 19.5 Å². The summed E-state index contributed by atoms with van der Waals surface area (Å²) < 4.78 is 5.90. The van der Waals surface area contributed by atoms with Crippen LogP contribution < -0.4 is 11.2 Å². The fourth-order valence-electron chi connectivity index (χ4n) is 4.80. The smallest absolute Gasteiger partial charge is 0.332 e. The maximum absolute atomic E-state index is 13.1. The highest BCUT2D eigenvalue weighted by Crippen LogP contribution is 2.33. The number of hydrogen-bond donors (Lipinski definition) is 1. The Labute approximate surface area is 194 Å². The Bertz CT molecular complexity index is 1520. The zero-order chi connectivity index (χ0) is 24.2. The van der Waals surface area contributed by atoms with Gasteiger partial charge in [-0.25, -0.2) is 14.8 Å². The monoisotopic (exact) mass is 465 g/mol. The van der Waals surface area contributed by atoms with Gasteiger partial charge in [0, 0.05) is 40.2 Å². The Hall–Kier alpha value is -3.73. The lowest BCUT2D eigenvalue weighted by Crippen LogP contribution is -2.53. The van der Waals surface area contributed by atoms with Crippen LogP contribution in [-0.4, -0.2) is 62.8 Å². The van der Waals surface area contributed by atoms with Gasteiger partial charge in [0.25, 0.3) is 5.56 Å². The normalized spacial score (nSPS) is 20.9. The van der Waals surface area contributed by atoms with Gasteiger partial charge >= 0.3 is 5.69 Å². The number of fused-ring (bicyclic) bond motifs is 2.